The van der Waals surface area contributed by atoms with Crippen LogP contribution in [0, 0.1) is 41.4 Å². The summed E-state index contributed by atoms with van der Waals surface area (Å²) in [5.74, 6) is 7.85. The Kier molecular flexibility index (Phi) is 1.00. The van der Waals surface area contributed by atoms with Crippen LogP contribution >= 0.6 is 0 Å². The summed E-state index contributed by atoms with van der Waals surface area (Å²) in [5.41, 5.74) is 1.97. The third-order valence-corrected chi connectivity index (χ3v) is 6.35. The third-order valence-electron chi connectivity index (χ3n) is 6.35. The molecule has 5 saturated carbocycles. The molecule has 0 aliphatic heterocycles. The molecule has 4 atom stereocenters. The highest BCUT2D eigenvalue weighted by Crippen LogP contribution is 2.68. The van der Waals surface area contributed by atoms with Crippen LogP contribution in [0.1, 0.15) is 32.1 Å². The van der Waals surface area contributed by atoms with Gasteiger partial charge in [0.1, 0.15) is 0 Å². The Balaban J connectivity index is 1.78. The standard InChI is InChI=1S/C14H18/c1-7-2-12-10-4-8-5-11(9(1)10)13(3-7)14(12)6-8/h1,7-8,10-14H,2-6H2. The van der Waals surface area contributed by atoms with E-state index < -0.39 is 0 Å². The van der Waals surface area contributed by atoms with Gasteiger partial charge in [-0.3, -0.25) is 0 Å². The first-order chi connectivity index (χ1) is 6.90. The first kappa shape index (κ1) is 7.09. The fraction of sp³-hybridized carbons (Fsp3) is 0.857. The minimum atomic E-state index is 1.03. The highest BCUT2D eigenvalue weighted by Gasteiger charge is 2.60. The van der Waals surface area contributed by atoms with Crippen molar-refractivity contribution in [2.75, 3.05) is 0 Å². The predicted molar refractivity (Wildman–Crippen MR) is 55.6 cm³/mol. The Hall–Kier alpha value is -0.260. The van der Waals surface area contributed by atoms with Crippen molar-refractivity contribution in [3.05, 3.63) is 11.6 Å². The molecule has 14 heavy (non-hydrogen) atoms. The molecule has 0 radical (unpaired) electrons. The van der Waals surface area contributed by atoms with Gasteiger partial charge in [0, 0.05) is 0 Å². The second-order valence-corrected chi connectivity index (χ2v) is 6.68. The zero-order valence-electron chi connectivity index (χ0n) is 8.65. The second-order valence-electron chi connectivity index (χ2n) is 6.68. The van der Waals surface area contributed by atoms with Gasteiger partial charge < -0.3 is 0 Å². The lowest BCUT2D eigenvalue weighted by Gasteiger charge is -2.66. The molecule has 0 spiro atoms. The quantitative estimate of drug-likeness (QED) is 0.509. The van der Waals surface area contributed by atoms with Gasteiger partial charge in [-0.15, -0.1) is 0 Å². The lowest BCUT2D eigenvalue weighted by molar-refractivity contribution is -0.0952. The Labute approximate surface area is 85.8 Å². The van der Waals surface area contributed by atoms with Gasteiger partial charge in [0.25, 0.3) is 0 Å². The maximum Gasteiger partial charge on any atom is -0.0166 e. The van der Waals surface area contributed by atoms with Gasteiger partial charge in [-0.1, -0.05) is 11.6 Å². The molecule has 0 aromatic rings. The van der Waals surface area contributed by atoms with E-state index >= 15 is 0 Å². The Bertz CT molecular complexity index is 314. The van der Waals surface area contributed by atoms with Crippen molar-refractivity contribution in [2.24, 2.45) is 41.4 Å². The van der Waals surface area contributed by atoms with Crippen LogP contribution in [0.15, 0.2) is 11.6 Å². The van der Waals surface area contributed by atoms with Crippen LogP contribution in [0.3, 0.4) is 0 Å². The fourth-order valence-electron chi connectivity index (χ4n) is 6.18. The van der Waals surface area contributed by atoms with Crippen LogP contribution in [0.5, 0.6) is 0 Å². The lowest BCUT2D eigenvalue weighted by Crippen LogP contribution is -2.57. The van der Waals surface area contributed by atoms with Crippen molar-refractivity contribution in [3.8, 4) is 0 Å². The molecular formula is C14H18. The van der Waals surface area contributed by atoms with Crippen LogP contribution in [0.2, 0.25) is 0 Å². The van der Waals surface area contributed by atoms with Crippen LogP contribution in [0.4, 0.5) is 0 Å². The summed E-state index contributed by atoms with van der Waals surface area (Å²) in [7, 11) is 0. The van der Waals surface area contributed by atoms with Crippen LogP contribution in [0.25, 0.3) is 0 Å². The van der Waals surface area contributed by atoms with E-state index in [1.165, 1.54) is 5.92 Å². The molecule has 5 fully saturated rings. The Morgan fingerprint density at radius 3 is 2.21 bits per heavy atom. The zero-order valence-corrected chi connectivity index (χ0v) is 8.65. The molecule has 7 aliphatic rings. The van der Waals surface area contributed by atoms with E-state index in [1.807, 2.05) is 5.57 Å². The molecular weight excluding hydrogens is 168 g/mol. The van der Waals surface area contributed by atoms with Crippen molar-refractivity contribution in [3.63, 3.8) is 0 Å². The van der Waals surface area contributed by atoms with Gasteiger partial charge in [-0.05, 0) is 73.5 Å². The van der Waals surface area contributed by atoms with Gasteiger partial charge in [0.15, 0.2) is 0 Å². The number of hydrogen-bond donors (Lipinski definition) is 0. The van der Waals surface area contributed by atoms with E-state index in [9.17, 15) is 0 Å². The number of hydrogen-bond acceptors (Lipinski definition) is 0. The first-order valence-corrected chi connectivity index (χ1v) is 6.62. The molecule has 7 rings (SSSR count). The topological polar surface area (TPSA) is 0 Å². The molecule has 0 nitrogen and oxygen atoms in total. The lowest BCUT2D eigenvalue weighted by atomic mass is 9.39. The highest BCUT2D eigenvalue weighted by molar-refractivity contribution is 5.30. The van der Waals surface area contributed by atoms with E-state index in [1.54, 1.807) is 32.1 Å². The molecule has 0 aromatic heterocycles. The molecule has 0 heteroatoms. The average Bonchev–Trinajstić information content (AvgIpc) is 2.24. The van der Waals surface area contributed by atoms with Crippen LogP contribution < -0.4 is 0 Å². The molecule has 0 N–H and O–H groups in total. The minimum Gasteiger partial charge on any atom is -0.0816 e. The van der Waals surface area contributed by atoms with Crippen molar-refractivity contribution in [1.29, 1.82) is 0 Å². The molecule has 7 aliphatic carbocycles. The van der Waals surface area contributed by atoms with E-state index in [4.69, 9.17) is 0 Å². The minimum absolute atomic E-state index is 1.03. The van der Waals surface area contributed by atoms with Gasteiger partial charge in [0.05, 0.1) is 0 Å². The van der Waals surface area contributed by atoms with Crippen molar-refractivity contribution in [2.45, 2.75) is 32.1 Å². The third kappa shape index (κ3) is 0.594. The summed E-state index contributed by atoms with van der Waals surface area (Å²) < 4.78 is 0. The first-order valence-electron chi connectivity index (χ1n) is 6.62. The number of rotatable bonds is 0. The highest BCUT2D eigenvalue weighted by atomic mass is 14.6. The van der Waals surface area contributed by atoms with E-state index in [2.05, 4.69) is 6.08 Å². The van der Waals surface area contributed by atoms with Crippen molar-refractivity contribution >= 4 is 0 Å². The summed E-state index contributed by atoms with van der Waals surface area (Å²) in [4.78, 5) is 0. The molecule has 0 aromatic carbocycles. The smallest absolute Gasteiger partial charge is 0.0166 e. The van der Waals surface area contributed by atoms with Crippen LogP contribution in [-0.4, -0.2) is 0 Å². The molecule has 0 saturated heterocycles. The summed E-state index contributed by atoms with van der Waals surface area (Å²) in [5, 5.41) is 0. The molecule has 0 heterocycles. The van der Waals surface area contributed by atoms with Crippen LogP contribution in [-0.2, 0) is 0 Å². The van der Waals surface area contributed by atoms with Gasteiger partial charge in [-0.2, -0.15) is 0 Å². The maximum atomic E-state index is 2.72. The zero-order chi connectivity index (χ0) is 8.86. The van der Waals surface area contributed by atoms with E-state index in [0.717, 1.165) is 35.5 Å². The van der Waals surface area contributed by atoms with E-state index in [-0.39, 0.29) is 0 Å². The van der Waals surface area contributed by atoms with E-state index in [0.29, 0.717) is 0 Å². The largest absolute Gasteiger partial charge is 0.0816 e. The monoisotopic (exact) mass is 186 g/mol. The predicted octanol–water partition coefficient (Wildman–Crippen LogP) is 3.24. The molecule has 0 amide bonds. The summed E-state index contributed by atoms with van der Waals surface area (Å²) in [6, 6.07) is 0. The SMILES string of the molecule is C1=C2C3CC4CC2C2CC1CC3C2C4. The fourth-order valence-corrected chi connectivity index (χ4v) is 6.18. The summed E-state index contributed by atoms with van der Waals surface area (Å²) in [6.07, 6.45) is 10.7. The Morgan fingerprint density at radius 2 is 1.50 bits per heavy atom. The summed E-state index contributed by atoms with van der Waals surface area (Å²) >= 11 is 0. The second kappa shape index (κ2) is 1.99. The Morgan fingerprint density at radius 1 is 0.786 bits per heavy atom. The number of allylic oxidation sites excluding steroid dienone is 2. The molecule has 8 bridgehead atoms. The molecule has 74 valence electrons. The average molecular weight is 186 g/mol. The maximum absolute atomic E-state index is 2.72. The van der Waals surface area contributed by atoms with Gasteiger partial charge in [-0.25, -0.2) is 0 Å². The normalized spacial score (nSPS) is 66.3. The van der Waals surface area contributed by atoms with Gasteiger partial charge >= 0.3 is 0 Å². The van der Waals surface area contributed by atoms with Gasteiger partial charge in [0.2, 0.25) is 0 Å². The van der Waals surface area contributed by atoms with Crippen molar-refractivity contribution < 1.29 is 0 Å². The van der Waals surface area contributed by atoms with Crippen molar-refractivity contribution in [1.82, 2.24) is 0 Å². The summed E-state index contributed by atoms with van der Waals surface area (Å²) in [6.45, 7) is 0. The molecule has 4 unspecified atom stereocenters.